The molecule has 0 aliphatic carbocycles. The quantitative estimate of drug-likeness (QED) is 0.593. The first-order valence-corrected chi connectivity index (χ1v) is 6.73. The molecule has 0 atom stereocenters. The molecule has 0 spiro atoms. The molecule has 0 aliphatic rings. The summed E-state index contributed by atoms with van der Waals surface area (Å²) in [6, 6.07) is 12.7. The predicted octanol–water partition coefficient (Wildman–Crippen LogP) is 4.05. The van der Waals surface area contributed by atoms with E-state index in [-0.39, 0.29) is 11.4 Å². The molecule has 0 saturated carbocycles. The van der Waals surface area contributed by atoms with Crippen LogP contribution in [-0.2, 0) is 0 Å². The number of nitro benzene ring substituents is 1. The normalized spacial score (nSPS) is 9.82. The smallest absolute Gasteiger partial charge is 0.311 e. The van der Waals surface area contributed by atoms with Gasteiger partial charge < -0.3 is 9.47 Å². The topological polar surface area (TPSA) is 85.4 Å². The van der Waals surface area contributed by atoms with Gasteiger partial charge in [-0.1, -0.05) is 6.92 Å². The molecule has 2 aromatic carbocycles. The van der Waals surface area contributed by atoms with Crippen molar-refractivity contribution in [3.8, 4) is 23.3 Å². The predicted molar refractivity (Wildman–Crippen MR) is 80.1 cm³/mol. The summed E-state index contributed by atoms with van der Waals surface area (Å²) in [4.78, 5) is 10.5. The molecule has 6 heteroatoms. The zero-order valence-electron chi connectivity index (χ0n) is 12.0. The van der Waals surface area contributed by atoms with Gasteiger partial charge >= 0.3 is 5.69 Å². The van der Waals surface area contributed by atoms with E-state index in [0.29, 0.717) is 23.7 Å². The van der Waals surface area contributed by atoms with Crippen LogP contribution in [-0.4, -0.2) is 11.5 Å². The lowest BCUT2D eigenvalue weighted by Crippen LogP contribution is -1.96. The number of rotatable bonds is 6. The molecule has 0 bridgehead atoms. The van der Waals surface area contributed by atoms with Crippen molar-refractivity contribution in [1.29, 1.82) is 5.26 Å². The van der Waals surface area contributed by atoms with Crippen LogP contribution in [0.1, 0.15) is 18.9 Å². The van der Waals surface area contributed by atoms with Crippen molar-refractivity contribution in [3.63, 3.8) is 0 Å². The first-order valence-electron chi connectivity index (χ1n) is 6.73. The molecule has 2 aromatic rings. The van der Waals surface area contributed by atoms with Gasteiger partial charge in [0.1, 0.15) is 11.5 Å². The van der Waals surface area contributed by atoms with E-state index in [1.807, 2.05) is 13.0 Å². The van der Waals surface area contributed by atoms with Gasteiger partial charge in [-0.3, -0.25) is 10.1 Å². The average Bonchev–Trinajstić information content (AvgIpc) is 2.54. The van der Waals surface area contributed by atoms with E-state index in [1.54, 1.807) is 24.3 Å². The van der Waals surface area contributed by atoms with Gasteiger partial charge in [0.15, 0.2) is 0 Å². The third kappa shape index (κ3) is 3.73. The van der Waals surface area contributed by atoms with Gasteiger partial charge in [0.25, 0.3) is 0 Å². The van der Waals surface area contributed by atoms with Crippen LogP contribution in [0.4, 0.5) is 5.69 Å². The molecule has 0 heterocycles. The Morgan fingerprint density at radius 3 is 2.45 bits per heavy atom. The van der Waals surface area contributed by atoms with Crippen molar-refractivity contribution < 1.29 is 14.4 Å². The van der Waals surface area contributed by atoms with E-state index in [4.69, 9.17) is 14.7 Å². The van der Waals surface area contributed by atoms with Crippen LogP contribution in [0.15, 0.2) is 42.5 Å². The lowest BCUT2D eigenvalue weighted by molar-refractivity contribution is -0.385. The molecular weight excluding hydrogens is 284 g/mol. The van der Waals surface area contributed by atoms with Crippen molar-refractivity contribution in [1.82, 2.24) is 0 Å². The Labute approximate surface area is 127 Å². The van der Waals surface area contributed by atoms with E-state index < -0.39 is 4.92 Å². The van der Waals surface area contributed by atoms with Crippen LogP contribution in [0.2, 0.25) is 0 Å². The van der Waals surface area contributed by atoms with E-state index in [9.17, 15) is 10.1 Å². The minimum atomic E-state index is -0.546. The second kappa shape index (κ2) is 7.09. The Bertz CT molecular complexity index is 705. The SMILES string of the molecule is CCCOc1ccc(Oc2cc(C#N)ccc2[N+](=O)[O-])cc1. The zero-order valence-corrected chi connectivity index (χ0v) is 12.0. The maximum Gasteiger partial charge on any atom is 0.311 e. The average molecular weight is 298 g/mol. The Morgan fingerprint density at radius 1 is 1.18 bits per heavy atom. The molecule has 0 unspecified atom stereocenters. The molecule has 0 N–H and O–H groups in total. The summed E-state index contributed by atoms with van der Waals surface area (Å²) in [7, 11) is 0. The second-order valence-electron chi connectivity index (χ2n) is 4.47. The molecule has 0 aliphatic heterocycles. The fraction of sp³-hybridized carbons (Fsp3) is 0.188. The zero-order chi connectivity index (χ0) is 15.9. The van der Waals surface area contributed by atoms with Crippen molar-refractivity contribution in [2.45, 2.75) is 13.3 Å². The van der Waals surface area contributed by atoms with Gasteiger partial charge in [0.2, 0.25) is 5.75 Å². The lowest BCUT2D eigenvalue weighted by atomic mass is 10.2. The summed E-state index contributed by atoms with van der Waals surface area (Å²) in [6.45, 7) is 2.63. The number of benzene rings is 2. The summed E-state index contributed by atoms with van der Waals surface area (Å²) < 4.78 is 11.0. The summed E-state index contributed by atoms with van der Waals surface area (Å²) in [5.41, 5.74) is 0.105. The number of hydrogen-bond donors (Lipinski definition) is 0. The molecule has 0 fully saturated rings. The van der Waals surface area contributed by atoms with Gasteiger partial charge in [-0.2, -0.15) is 5.26 Å². The van der Waals surface area contributed by atoms with E-state index in [0.717, 1.165) is 6.42 Å². The number of nitrogens with zero attached hydrogens (tertiary/aromatic N) is 2. The highest BCUT2D eigenvalue weighted by Gasteiger charge is 2.16. The first-order chi connectivity index (χ1) is 10.6. The Morgan fingerprint density at radius 2 is 1.86 bits per heavy atom. The van der Waals surface area contributed by atoms with Crippen LogP contribution in [0, 0.1) is 21.4 Å². The minimum Gasteiger partial charge on any atom is -0.494 e. The Hall–Kier alpha value is -3.07. The molecular formula is C16H14N2O4. The summed E-state index contributed by atoms with van der Waals surface area (Å²) in [5.74, 6) is 1.17. The van der Waals surface area contributed by atoms with Gasteiger partial charge in [-0.15, -0.1) is 0 Å². The summed E-state index contributed by atoms with van der Waals surface area (Å²) in [5, 5.41) is 19.9. The van der Waals surface area contributed by atoms with Gasteiger partial charge in [-0.25, -0.2) is 0 Å². The molecule has 0 radical (unpaired) electrons. The van der Waals surface area contributed by atoms with E-state index >= 15 is 0 Å². The monoisotopic (exact) mass is 298 g/mol. The fourth-order valence-electron chi connectivity index (χ4n) is 1.77. The van der Waals surface area contributed by atoms with Gasteiger partial charge in [0.05, 0.1) is 23.2 Å². The maximum atomic E-state index is 11.0. The highest BCUT2D eigenvalue weighted by Crippen LogP contribution is 2.32. The Kier molecular flexibility index (Phi) is 4.94. The summed E-state index contributed by atoms with van der Waals surface area (Å²) in [6.07, 6.45) is 0.908. The summed E-state index contributed by atoms with van der Waals surface area (Å²) >= 11 is 0. The highest BCUT2D eigenvalue weighted by molar-refractivity contribution is 5.53. The third-order valence-electron chi connectivity index (χ3n) is 2.81. The Balaban J connectivity index is 2.22. The fourth-order valence-corrected chi connectivity index (χ4v) is 1.77. The van der Waals surface area contributed by atoms with Crippen LogP contribution in [0.5, 0.6) is 17.2 Å². The molecule has 0 saturated heterocycles. The molecule has 112 valence electrons. The van der Waals surface area contributed by atoms with Crippen LogP contribution in [0.25, 0.3) is 0 Å². The largest absolute Gasteiger partial charge is 0.494 e. The standard InChI is InChI=1S/C16H14N2O4/c1-2-9-21-13-4-6-14(7-5-13)22-16-10-12(11-17)3-8-15(16)18(19)20/h3-8,10H,2,9H2,1H3. The van der Waals surface area contributed by atoms with Crippen molar-refractivity contribution in [2.75, 3.05) is 6.61 Å². The van der Waals surface area contributed by atoms with E-state index in [2.05, 4.69) is 0 Å². The number of hydrogen-bond acceptors (Lipinski definition) is 5. The van der Waals surface area contributed by atoms with Crippen molar-refractivity contribution in [3.05, 3.63) is 58.1 Å². The van der Waals surface area contributed by atoms with Crippen LogP contribution in [0.3, 0.4) is 0 Å². The number of ether oxygens (including phenoxy) is 2. The molecule has 0 aromatic heterocycles. The van der Waals surface area contributed by atoms with Crippen LogP contribution < -0.4 is 9.47 Å². The molecule has 22 heavy (non-hydrogen) atoms. The number of nitro groups is 1. The van der Waals surface area contributed by atoms with Gasteiger partial charge in [0, 0.05) is 12.1 Å². The number of nitriles is 1. The molecule has 0 amide bonds. The first kappa shape index (κ1) is 15.3. The highest BCUT2D eigenvalue weighted by atomic mass is 16.6. The lowest BCUT2D eigenvalue weighted by Gasteiger charge is -2.08. The van der Waals surface area contributed by atoms with E-state index in [1.165, 1.54) is 18.2 Å². The van der Waals surface area contributed by atoms with Crippen molar-refractivity contribution in [2.24, 2.45) is 0 Å². The molecule has 2 rings (SSSR count). The molecule has 6 nitrogen and oxygen atoms in total. The van der Waals surface area contributed by atoms with Gasteiger partial charge in [-0.05, 0) is 36.8 Å². The van der Waals surface area contributed by atoms with Crippen molar-refractivity contribution >= 4 is 5.69 Å². The minimum absolute atomic E-state index is 0.0336. The van der Waals surface area contributed by atoms with Crippen LogP contribution >= 0.6 is 0 Å². The second-order valence-corrected chi connectivity index (χ2v) is 4.47. The maximum absolute atomic E-state index is 11.0. The third-order valence-corrected chi connectivity index (χ3v) is 2.81.